The molecule has 2 aromatic heterocycles. The second-order valence-electron chi connectivity index (χ2n) is 2.21. The Balaban J connectivity index is 2.23. The predicted molar refractivity (Wildman–Crippen MR) is 50.1 cm³/mol. The third-order valence-corrected chi connectivity index (χ3v) is 2.00. The molecule has 4 heteroatoms. The highest BCUT2D eigenvalue weighted by molar-refractivity contribution is 7.10. The normalized spacial score (nSPS) is 8.92. The minimum Gasteiger partial charge on any atom is -0.244 e. The van der Waals surface area contributed by atoms with Crippen LogP contribution in [0.4, 0.5) is 0 Å². The van der Waals surface area contributed by atoms with E-state index < -0.39 is 0 Å². The third-order valence-electron chi connectivity index (χ3n) is 1.31. The lowest BCUT2D eigenvalue weighted by atomic mass is 10.3. The largest absolute Gasteiger partial charge is 0.244 e. The molecule has 0 amide bonds. The molecule has 62 valence electrons. The summed E-state index contributed by atoms with van der Waals surface area (Å²) in [4.78, 5) is 11.7. The van der Waals surface area contributed by atoms with Gasteiger partial charge >= 0.3 is 0 Å². The molecule has 0 saturated heterocycles. The maximum absolute atomic E-state index is 4.04. The van der Waals surface area contributed by atoms with Crippen LogP contribution in [0.25, 0.3) is 0 Å². The van der Waals surface area contributed by atoms with Gasteiger partial charge < -0.3 is 0 Å². The molecule has 2 rings (SSSR count). The van der Waals surface area contributed by atoms with Crippen LogP contribution in [0.1, 0.15) is 10.6 Å². The lowest BCUT2D eigenvalue weighted by molar-refractivity contribution is 1.16. The van der Waals surface area contributed by atoms with E-state index >= 15 is 0 Å². The molecule has 13 heavy (non-hydrogen) atoms. The average molecular weight is 187 g/mol. The number of thiazole rings is 1. The van der Waals surface area contributed by atoms with E-state index in [1.165, 1.54) is 17.7 Å². The Morgan fingerprint density at radius 3 is 2.69 bits per heavy atom. The van der Waals surface area contributed by atoms with Crippen LogP contribution in [0.15, 0.2) is 30.3 Å². The summed E-state index contributed by atoms with van der Waals surface area (Å²) in [6.07, 6.45) is 6.56. The highest BCUT2D eigenvalue weighted by Crippen LogP contribution is 2.01. The number of aromatic nitrogens is 3. The van der Waals surface area contributed by atoms with Gasteiger partial charge in [0.25, 0.3) is 0 Å². The molecular formula is C9H5N3S. The maximum Gasteiger partial charge on any atom is 0.167 e. The number of hydrogen-bond donors (Lipinski definition) is 0. The molecule has 0 unspecified atom stereocenters. The Labute approximate surface area is 79.5 Å². The van der Waals surface area contributed by atoms with Crippen LogP contribution in [0.2, 0.25) is 0 Å². The van der Waals surface area contributed by atoms with Crippen molar-refractivity contribution in [1.29, 1.82) is 0 Å². The van der Waals surface area contributed by atoms with Crippen molar-refractivity contribution in [3.8, 4) is 11.8 Å². The van der Waals surface area contributed by atoms with Crippen LogP contribution in [0, 0.1) is 11.8 Å². The zero-order valence-electron chi connectivity index (χ0n) is 6.64. The van der Waals surface area contributed by atoms with E-state index in [4.69, 9.17) is 0 Å². The summed E-state index contributed by atoms with van der Waals surface area (Å²) in [5, 5.41) is 2.70. The first-order chi connectivity index (χ1) is 6.45. The number of nitrogens with zero attached hydrogens (tertiary/aromatic N) is 3. The van der Waals surface area contributed by atoms with Crippen LogP contribution in [-0.4, -0.2) is 15.0 Å². The third kappa shape index (κ3) is 2.10. The van der Waals surface area contributed by atoms with Gasteiger partial charge in [-0.2, -0.15) is 0 Å². The fraction of sp³-hybridized carbons (Fsp3) is 0. The van der Waals surface area contributed by atoms with Gasteiger partial charge in [-0.15, -0.1) is 11.3 Å². The van der Waals surface area contributed by atoms with Crippen molar-refractivity contribution < 1.29 is 0 Å². The van der Waals surface area contributed by atoms with E-state index in [2.05, 4.69) is 26.8 Å². The Morgan fingerprint density at radius 1 is 1.15 bits per heavy atom. The molecule has 0 spiro atoms. The van der Waals surface area contributed by atoms with Crippen molar-refractivity contribution in [1.82, 2.24) is 15.0 Å². The Bertz CT molecular complexity index is 425. The van der Waals surface area contributed by atoms with Crippen LogP contribution in [0.3, 0.4) is 0 Å². The summed E-state index contributed by atoms with van der Waals surface area (Å²) in [5.41, 5.74) is 0.803. The van der Waals surface area contributed by atoms with Gasteiger partial charge in [-0.3, -0.25) is 0 Å². The summed E-state index contributed by atoms with van der Waals surface area (Å²) in [6, 6.07) is 0. The first kappa shape index (κ1) is 7.90. The topological polar surface area (TPSA) is 38.7 Å². The maximum atomic E-state index is 4.04. The molecule has 0 radical (unpaired) electrons. The first-order valence-corrected chi connectivity index (χ1v) is 4.49. The van der Waals surface area contributed by atoms with Crippen molar-refractivity contribution in [2.75, 3.05) is 0 Å². The molecule has 2 heterocycles. The second kappa shape index (κ2) is 3.78. The van der Waals surface area contributed by atoms with Gasteiger partial charge in [0.05, 0.1) is 5.56 Å². The van der Waals surface area contributed by atoms with E-state index in [0.29, 0.717) is 0 Å². The lowest BCUT2D eigenvalue weighted by Crippen LogP contribution is -1.79. The highest BCUT2D eigenvalue weighted by Gasteiger charge is 1.87. The zero-order valence-corrected chi connectivity index (χ0v) is 7.45. The Morgan fingerprint density at radius 2 is 2.00 bits per heavy atom. The minimum absolute atomic E-state index is 0.803. The van der Waals surface area contributed by atoms with E-state index in [9.17, 15) is 0 Å². The quantitative estimate of drug-likeness (QED) is 0.584. The van der Waals surface area contributed by atoms with Gasteiger partial charge in [-0.1, -0.05) is 5.92 Å². The van der Waals surface area contributed by atoms with Gasteiger partial charge in [0.2, 0.25) is 0 Å². The number of hydrogen-bond acceptors (Lipinski definition) is 4. The summed E-state index contributed by atoms with van der Waals surface area (Å²) in [7, 11) is 0. The van der Waals surface area contributed by atoms with Crippen LogP contribution < -0.4 is 0 Å². The molecule has 0 N–H and O–H groups in total. The van der Waals surface area contributed by atoms with Crippen molar-refractivity contribution in [2.45, 2.75) is 0 Å². The van der Waals surface area contributed by atoms with Gasteiger partial charge in [0.1, 0.15) is 6.33 Å². The summed E-state index contributed by atoms with van der Waals surface area (Å²) >= 11 is 1.52. The lowest BCUT2D eigenvalue weighted by Gasteiger charge is -1.83. The van der Waals surface area contributed by atoms with Gasteiger partial charge in [-0.25, -0.2) is 15.0 Å². The predicted octanol–water partition coefficient (Wildman–Crippen LogP) is 1.33. The molecule has 0 aromatic carbocycles. The van der Waals surface area contributed by atoms with Crippen molar-refractivity contribution in [2.24, 2.45) is 0 Å². The molecule has 0 saturated carbocycles. The van der Waals surface area contributed by atoms with Gasteiger partial charge in [0, 0.05) is 24.0 Å². The Kier molecular flexibility index (Phi) is 2.30. The van der Waals surface area contributed by atoms with E-state index in [-0.39, 0.29) is 0 Å². The fourth-order valence-corrected chi connectivity index (χ4v) is 1.26. The van der Waals surface area contributed by atoms with Crippen LogP contribution in [0.5, 0.6) is 0 Å². The van der Waals surface area contributed by atoms with E-state index in [0.717, 1.165) is 10.6 Å². The van der Waals surface area contributed by atoms with Gasteiger partial charge in [0.15, 0.2) is 5.01 Å². The fourth-order valence-electron chi connectivity index (χ4n) is 0.774. The molecule has 0 atom stereocenters. The summed E-state index contributed by atoms with van der Waals surface area (Å²) < 4.78 is 0. The first-order valence-electron chi connectivity index (χ1n) is 3.62. The minimum atomic E-state index is 0.803. The van der Waals surface area contributed by atoms with Crippen molar-refractivity contribution in [3.05, 3.63) is 40.9 Å². The molecule has 0 aliphatic carbocycles. The molecule has 3 nitrogen and oxygen atoms in total. The highest BCUT2D eigenvalue weighted by atomic mass is 32.1. The smallest absolute Gasteiger partial charge is 0.167 e. The molecule has 2 aromatic rings. The second-order valence-corrected chi connectivity index (χ2v) is 3.11. The van der Waals surface area contributed by atoms with Crippen LogP contribution >= 0.6 is 11.3 Å². The standard InChI is InChI=1S/C9H5N3S/c1(2-9-12-3-4-13-9)8-5-10-7-11-6-8/h3-7H. The molecule has 0 aliphatic heterocycles. The average Bonchev–Trinajstić information content (AvgIpc) is 2.69. The van der Waals surface area contributed by atoms with E-state index in [1.807, 2.05) is 5.38 Å². The molecular weight excluding hydrogens is 182 g/mol. The summed E-state index contributed by atoms with van der Waals surface area (Å²) in [6.45, 7) is 0. The monoisotopic (exact) mass is 187 g/mol. The molecule has 0 fully saturated rings. The Hall–Kier alpha value is -1.73. The van der Waals surface area contributed by atoms with E-state index in [1.54, 1.807) is 18.6 Å². The molecule has 0 bridgehead atoms. The number of rotatable bonds is 0. The van der Waals surface area contributed by atoms with Crippen molar-refractivity contribution in [3.63, 3.8) is 0 Å². The SMILES string of the molecule is C(#Cc1nccs1)c1cncnc1. The van der Waals surface area contributed by atoms with Crippen molar-refractivity contribution >= 4 is 11.3 Å². The van der Waals surface area contributed by atoms with Crippen LogP contribution in [-0.2, 0) is 0 Å². The molecule has 0 aliphatic rings. The zero-order chi connectivity index (χ0) is 8.93. The summed E-state index contributed by atoms with van der Waals surface area (Å²) in [5.74, 6) is 5.84. The van der Waals surface area contributed by atoms with Gasteiger partial charge in [-0.05, 0) is 5.92 Å².